The van der Waals surface area contributed by atoms with Gasteiger partial charge in [-0.3, -0.25) is 9.59 Å². The third kappa shape index (κ3) is 4.99. The number of nitrogens with one attached hydrogen (secondary N) is 1. The van der Waals surface area contributed by atoms with Gasteiger partial charge in [-0.2, -0.15) is 5.10 Å². The Kier molecular flexibility index (Phi) is 6.71. The fourth-order valence-electron chi connectivity index (χ4n) is 4.00. The van der Waals surface area contributed by atoms with Gasteiger partial charge in [0.1, 0.15) is 5.82 Å². The Morgan fingerprint density at radius 2 is 1.94 bits per heavy atom. The van der Waals surface area contributed by atoms with Gasteiger partial charge in [-0.1, -0.05) is 12.1 Å². The molecule has 1 atom stereocenters. The average molecular weight is 428 g/mol. The summed E-state index contributed by atoms with van der Waals surface area (Å²) in [6.45, 7) is 2.30. The van der Waals surface area contributed by atoms with Crippen LogP contribution in [0.15, 0.2) is 36.5 Å². The first-order valence-corrected chi connectivity index (χ1v) is 10.6. The van der Waals surface area contributed by atoms with Gasteiger partial charge in [-0.15, -0.1) is 0 Å². The Hall–Kier alpha value is -3.07. The predicted molar refractivity (Wildman–Crippen MR) is 113 cm³/mol. The molecular formula is C22H28N4O5. The summed E-state index contributed by atoms with van der Waals surface area (Å²) in [4.78, 5) is 26.8. The molecule has 31 heavy (non-hydrogen) atoms. The zero-order valence-corrected chi connectivity index (χ0v) is 17.7. The Balaban J connectivity index is 1.28. The van der Waals surface area contributed by atoms with Gasteiger partial charge in [-0.05, 0) is 31.4 Å². The number of benzene rings is 1. The number of aromatic nitrogens is 2. The highest BCUT2D eigenvalue weighted by Crippen LogP contribution is 2.28. The van der Waals surface area contributed by atoms with Crippen LogP contribution in [0.1, 0.15) is 25.3 Å². The smallest absolute Gasteiger partial charge is 0.260 e. The number of hydrogen-bond acceptors (Lipinski definition) is 6. The third-order valence-electron chi connectivity index (χ3n) is 5.81. The molecule has 0 radical (unpaired) electrons. The first kappa shape index (κ1) is 21.2. The lowest BCUT2D eigenvalue weighted by Crippen LogP contribution is -2.41. The zero-order chi connectivity index (χ0) is 21.6. The van der Waals surface area contributed by atoms with E-state index in [2.05, 4.69) is 10.4 Å². The highest BCUT2D eigenvalue weighted by molar-refractivity contribution is 5.92. The minimum atomic E-state index is -0.106. The molecular weight excluding hydrogens is 400 g/mol. The van der Waals surface area contributed by atoms with E-state index < -0.39 is 0 Å². The van der Waals surface area contributed by atoms with Crippen molar-refractivity contribution in [2.45, 2.75) is 25.3 Å². The predicted octanol–water partition coefficient (Wildman–Crippen LogP) is 2.11. The maximum Gasteiger partial charge on any atom is 0.260 e. The first-order chi connectivity index (χ1) is 15.2. The number of nitrogens with zero attached hydrogens (tertiary/aromatic N) is 3. The highest BCUT2D eigenvalue weighted by Gasteiger charge is 2.28. The van der Waals surface area contributed by atoms with Gasteiger partial charge in [-0.25, -0.2) is 4.68 Å². The van der Waals surface area contributed by atoms with Gasteiger partial charge in [0.2, 0.25) is 5.91 Å². The van der Waals surface area contributed by atoms with E-state index in [-0.39, 0.29) is 30.4 Å². The molecule has 2 aliphatic rings. The second kappa shape index (κ2) is 9.82. The van der Waals surface area contributed by atoms with Crippen molar-refractivity contribution in [2.24, 2.45) is 5.92 Å². The van der Waals surface area contributed by atoms with Gasteiger partial charge in [0.15, 0.2) is 18.1 Å². The molecule has 0 unspecified atom stereocenters. The number of likely N-dealkylation sites (tertiary alicyclic amines) is 1. The number of ether oxygens (including phenoxy) is 3. The molecule has 9 heteroatoms. The van der Waals surface area contributed by atoms with E-state index >= 15 is 0 Å². The van der Waals surface area contributed by atoms with Crippen molar-refractivity contribution in [3.8, 4) is 11.5 Å². The molecule has 0 bridgehead atoms. The van der Waals surface area contributed by atoms with Crippen LogP contribution >= 0.6 is 0 Å². The van der Waals surface area contributed by atoms with Crippen LogP contribution in [0.5, 0.6) is 11.5 Å². The van der Waals surface area contributed by atoms with Crippen LogP contribution in [0.25, 0.3) is 0 Å². The second-order valence-corrected chi connectivity index (χ2v) is 7.76. The monoisotopic (exact) mass is 428 g/mol. The van der Waals surface area contributed by atoms with Crippen molar-refractivity contribution in [3.05, 3.63) is 36.5 Å². The van der Waals surface area contributed by atoms with Gasteiger partial charge in [0, 0.05) is 25.8 Å². The van der Waals surface area contributed by atoms with E-state index in [1.54, 1.807) is 25.4 Å². The van der Waals surface area contributed by atoms with Crippen molar-refractivity contribution in [1.29, 1.82) is 0 Å². The molecule has 2 aliphatic heterocycles. The van der Waals surface area contributed by atoms with E-state index in [1.165, 1.54) is 0 Å². The molecule has 2 aromatic rings. The molecule has 1 N–H and O–H groups in total. The number of methoxy groups -OCH3 is 1. The fourth-order valence-corrected chi connectivity index (χ4v) is 4.00. The van der Waals surface area contributed by atoms with Crippen LogP contribution < -0.4 is 14.8 Å². The molecule has 0 saturated carbocycles. The minimum absolute atomic E-state index is 0.0275. The molecule has 166 valence electrons. The standard InChI is InChI=1S/C22H28N4O5/c1-29-18-4-2-3-5-19(18)31-15-21(27)25-11-7-17(8-12-25)26-20(6-10-23-26)24-22(28)16-9-13-30-14-16/h2-6,10,16-17H,7-9,11-15H2,1H3,(H,24,28)/t16-/m0/s1. The van der Waals surface area contributed by atoms with Gasteiger partial charge < -0.3 is 24.4 Å². The maximum atomic E-state index is 12.6. The lowest BCUT2D eigenvalue weighted by atomic mass is 10.1. The molecule has 1 aromatic carbocycles. The van der Waals surface area contributed by atoms with Crippen LogP contribution in [-0.2, 0) is 14.3 Å². The highest BCUT2D eigenvalue weighted by atomic mass is 16.5. The van der Waals surface area contributed by atoms with Crippen molar-refractivity contribution in [3.63, 3.8) is 0 Å². The molecule has 1 aromatic heterocycles. The SMILES string of the molecule is COc1ccccc1OCC(=O)N1CCC(n2nccc2NC(=O)[C@H]2CCOC2)CC1. The fraction of sp³-hybridized carbons (Fsp3) is 0.500. The number of hydrogen-bond donors (Lipinski definition) is 1. The van der Waals surface area contributed by atoms with Crippen LogP contribution in [0, 0.1) is 5.92 Å². The number of anilines is 1. The molecule has 0 aliphatic carbocycles. The molecule has 0 spiro atoms. The number of rotatable bonds is 7. The van der Waals surface area contributed by atoms with Gasteiger partial charge in [0.25, 0.3) is 5.91 Å². The quantitative estimate of drug-likeness (QED) is 0.726. The van der Waals surface area contributed by atoms with Crippen molar-refractivity contribution in [2.75, 3.05) is 45.3 Å². The molecule has 4 rings (SSSR count). The number of carbonyl (C=O) groups excluding carboxylic acids is 2. The third-order valence-corrected chi connectivity index (χ3v) is 5.81. The lowest BCUT2D eigenvalue weighted by molar-refractivity contribution is -0.134. The van der Waals surface area contributed by atoms with Crippen molar-refractivity contribution >= 4 is 17.6 Å². The summed E-state index contributed by atoms with van der Waals surface area (Å²) in [5.41, 5.74) is 0. The van der Waals surface area contributed by atoms with Crippen LogP contribution in [0.3, 0.4) is 0 Å². The summed E-state index contributed by atoms with van der Waals surface area (Å²) >= 11 is 0. The Morgan fingerprint density at radius 1 is 1.16 bits per heavy atom. The van der Waals surface area contributed by atoms with E-state index in [4.69, 9.17) is 14.2 Å². The largest absolute Gasteiger partial charge is 0.493 e. The average Bonchev–Trinajstić information content (AvgIpc) is 3.50. The van der Waals surface area contributed by atoms with Crippen molar-refractivity contribution < 1.29 is 23.8 Å². The maximum absolute atomic E-state index is 12.6. The number of carbonyl (C=O) groups is 2. The summed E-state index contributed by atoms with van der Waals surface area (Å²) in [5, 5.41) is 7.40. The van der Waals surface area contributed by atoms with Crippen LogP contribution in [0.4, 0.5) is 5.82 Å². The van der Waals surface area contributed by atoms with Crippen LogP contribution in [-0.4, -0.2) is 66.5 Å². The summed E-state index contributed by atoms with van der Waals surface area (Å²) in [6, 6.07) is 9.21. The Bertz CT molecular complexity index is 901. The second-order valence-electron chi connectivity index (χ2n) is 7.76. The number of amides is 2. The molecule has 9 nitrogen and oxygen atoms in total. The Labute approximate surface area is 181 Å². The molecule has 2 saturated heterocycles. The zero-order valence-electron chi connectivity index (χ0n) is 17.7. The summed E-state index contributed by atoms with van der Waals surface area (Å²) < 4.78 is 18.1. The lowest BCUT2D eigenvalue weighted by Gasteiger charge is -2.32. The van der Waals surface area contributed by atoms with Gasteiger partial charge in [0.05, 0.1) is 31.9 Å². The Morgan fingerprint density at radius 3 is 2.65 bits per heavy atom. The topological polar surface area (TPSA) is 94.9 Å². The van der Waals surface area contributed by atoms with E-state index in [9.17, 15) is 9.59 Å². The number of para-hydroxylation sites is 2. The normalized spacial score (nSPS) is 19.3. The summed E-state index contributed by atoms with van der Waals surface area (Å²) in [6.07, 6.45) is 3.96. The first-order valence-electron chi connectivity index (χ1n) is 10.6. The van der Waals surface area contributed by atoms with Crippen LogP contribution in [0.2, 0.25) is 0 Å². The summed E-state index contributed by atoms with van der Waals surface area (Å²) in [7, 11) is 1.57. The van der Waals surface area contributed by atoms with Gasteiger partial charge >= 0.3 is 0 Å². The summed E-state index contributed by atoms with van der Waals surface area (Å²) in [5.74, 6) is 1.66. The van der Waals surface area contributed by atoms with Crippen molar-refractivity contribution in [1.82, 2.24) is 14.7 Å². The molecule has 2 amide bonds. The molecule has 3 heterocycles. The minimum Gasteiger partial charge on any atom is -0.493 e. The van der Waals surface area contributed by atoms with E-state index in [1.807, 2.05) is 27.8 Å². The van der Waals surface area contributed by atoms with E-state index in [0.29, 0.717) is 43.6 Å². The number of piperidine rings is 1. The van der Waals surface area contributed by atoms with E-state index in [0.717, 1.165) is 19.3 Å². The molecule has 2 fully saturated rings.